The van der Waals surface area contributed by atoms with Gasteiger partial charge in [-0.2, -0.15) is 0 Å². The summed E-state index contributed by atoms with van der Waals surface area (Å²) in [6.07, 6.45) is 0.758. The van der Waals surface area contributed by atoms with E-state index in [9.17, 15) is 9.90 Å². The van der Waals surface area contributed by atoms with E-state index in [0.717, 1.165) is 11.8 Å². The molecule has 0 saturated heterocycles. The highest BCUT2D eigenvalue weighted by Gasteiger charge is 2.12. The number of benzene rings is 2. The molecule has 0 spiro atoms. The van der Waals surface area contributed by atoms with Crippen LogP contribution in [-0.4, -0.2) is 30.8 Å². The molecule has 4 nitrogen and oxygen atoms in total. The fraction of sp³-hybridized carbons (Fsp3) is 0.312. The minimum absolute atomic E-state index is 0.0328. The van der Waals surface area contributed by atoms with Gasteiger partial charge in [0.15, 0.2) is 0 Å². The van der Waals surface area contributed by atoms with E-state index in [1.165, 1.54) is 0 Å². The van der Waals surface area contributed by atoms with Gasteiger partial charge in [-0.15, -0.1) is 0 Å². The molecule has 0 radical (unpaired) electrons. The third-order valence-electron chi connectivity index (χ3n) is 3.10. The minimum atomic E-state index is -0.259. The second-order valence-electron chi connectivity index (χ2n) is 4.49. The molecule has 0 aliphatic carbocycles. The maximum Gasteiger partial charge on any atom is 0.255 e. The van der Waals surface area contributed by atoms with E-state index in [1.54, 1.807) is 12.1 Å². The van der Waals surface area contributed by atoms with Crippen molar-refractivity contribution in [3.8, 4) is 5.75 Å². The molecule has 2 aromatic carbocycles. The Morgan fingerprint density at radius 1 is 1.25 bits per heavy atom. The molecule has 1 amide bonds. The molecule has 2 aromatic rings. The van der Waals surface area contributed by atoms with Gasteiger partial charge in [0.2, 0.25) is 0 Å². The Hall–Kier alpha value is -2.07. The number of phenols is 1. The molecule has 0 atom stereocenters. The largest absolute Gasteiger partial charge is 0.506 e. The number of rotatable bonds is 6. The summed E-state index contributed by atoms with van der Waals surface area (Å²) in [5.41, 5.74) is 0.306. The molecule has 0 heterocycles. The summed E-state index contributed by atoms with van der Waals surface area (Å²) in [4.78, 5) is 12.0. The molecule has 0 unspecified atom stereocenters. The molecule has 4 heteroatoms. The van der Waals surface area contributed by atoms with Crippen LogP contribution < -0.4 is 5.32 Å². The molecular weight excluding hydrogens is 254 g/mol. The minimum Gasteiger partial charge on any atom is -0.506 e. The van der Waals surface area contributed by atoms with Gasteiger partial charge in [0.1, 0.15) is 5.75 Å². The monoisotopic (exact) mass is 273 g/mol. The number of carbonyl (C=O) groups excluding carboxylic acids is 1. The molecule has 0 aromatic heterocycles. The van der Waals surface area contributed by atoms with E-state index >= 15 is 0 Å². The molecule has 20 heavy (non-hydrogen) atoms. The van der Waals surface area contributed by atoms with Gasteiger partial charge in [-0.3, -0.25) is 4.79 Å². The van der Waals surface area contributed by atoms with Crippen molar-refractivity contribution in [3.63, 3.8) is 0 Å². The summed E-state index contributed by atoms with van der Waals surface area (Å²) < 4.78 is 5.20. The number of phenolic OH excluding ortho intramolecular Hbond substituents is 1. The van der Waals surface area contributed by atoms with Crippen LogP contribution in [0.5, 0.6) is 5.75 Å². The maximum atomic E-state index is 12.0. The number of nitrogens with one attached hydrogen (secondary N) is 1. The first-order chi connectivity index (χ1) is 9.74. The van der Waals surface area contributed by atoms with Crippen LogP contribution in [0, 0.1) is 0 Å². The lowest BCUT2D eigenvalue weighted by Gasteiger charge is -2.09. The van der Waals surface area contributed by atoms with Crippen LogP contribution >= 0.6 is 0 Å². The SMILES string of the molecule is CCOCCCNC(=O)c1ccc2ccccc2c1O. The van der Waals surface area contributed by atoms with Crippen LogP contribution in [0.4, 0.5) is 0 Å². The van der Waals surface area contributed by atoms with Crippen molar-refractivity contribution in [1.82, 2.24) is 5.32 Å². The van der Waals surface area contributed by atoms with Gasteiger partial charge in [0.05, 0.1) is 5.56 Å². The van der Waals surface area contributed by atoms with Gasteiger partial charge < -0.3 is 15.2 Å². The van der Waals surface area contributed by atoms with Crippen molar-refractivity contribution in [2.24, 2.45) is 0 Å². The highest BCUT2D eigenvalue weighted by atomic mass is 16.5. The highest BCUT2D eigenvalue weighted by Crippen LogP contribution is 2.28. The van der Waals surface area contributed by atoms with Crippen LogP contribution in [-0.2, 0) is 4.74 Å². The second-order valence-corrected chi connectivity index (χ2v) is 4.49. The third kappa shape index (κ3) is 3.27. The van der Waals surface area contributed by atoms with E-state index in [1.807, 2.05) is 31.2 Å². The molecule has 2 N–H and O–H groups in total. The average Bonchev–Trinajstić information content (AvgIpc) is 2.47. The summed E-state index contributed by atoms with van der Waals surface area (Å²) in [6, 6.07) is 10.9. The summed E-state index contributed by atoms with van der Waals surface area (Å²) >= 11 is 0. The van der Waals surface area contributed by atoms with E-state index < -0.39 is 0 Å². The molecule has 0 aliphatic rings. The molecular formula is C16H19NO3. The Kier molecular flexibility index (Phi) is 4.96. The number of aromatic hydroxyl groups is 1. The Labute approximate surface area is 118 Å². The summed E-state index contributed by atoms with van der Waals surface area (Å²) in [5.74, 6) is -0.227. The Morgan fingerprint density at radius 2 is 2.05 bits per heavy atom. The third-order valence-corrected chi connectivity index (χ3v) is 3.10. The summed E-state index contributed by atoms with van der Waals surface area (Å²) in [7, 11) is 0. The average molecular weight is 273 g/mol. The molecule has 0 fully saturated rings. The van der Waals surface area contributed by atoms with E-state index in [2.05, 4.69) is 5.32 Å². The van der Waals surface area contributed by atoms with Crippen molar-refractivity contribution >= 4 is 16.7 Å². The number of amides is 1. The smallest absolute Gasteiger partial charge is 0.255 e. The molecule has 0 aliphatic heterocycles. The van der Waals surface area contributed by atoms with Gasteiger partial charge >= 0.3 is 0 Å². The van der Waals surface area contributed by atoms with Gasteiger partial charge in [-0.25, -0.2) is 0 Å². The Bertz CT molecular complexity index is 595. The lowest BCUT2D eigenvalue weighted by molar-refractivity contribution is 0.0942. The van der Waals surface area contributed by atoms with Gasteiger partial charge in [0, 0.05) is 25.1 Å². The molecule has 0 bridgehead atoms. The molecule has 106 valence electrons. The van der Waals surface area contributed by atoms with Crippen LogP contribution in [0.3, 0.4) is 0 Å². The van der Waals surface area contributed by atoms with E-state index in [-0.39, 0.29) is 11.7 Å². The number of fused-ring (bicyclic) bond motifs is 1. The summed E-state index contributed by atoms with van der Waals surface area (Å²) in [5, 5.41) is 14.6. The zero-order valence-corrected chi connectivity index (χ0v) is 11.6. The van der Waals surface area contributed by atoms with Crippen molar-refractivity contribution in [1.29, 1.82) is 0 Å². The zero-order valence-electron chi connectivity index (χ0n) is 11.6. The first-order valence-corrected chi connectivity index (χ1v) is 6.80. The quantitative estimate of drug-likeness (QED) is 0.796. The van der Waals surface area contributed by atoms with E-state index in [4.69, 9.17) is 4.74 Å². The fourth-order valence-corrected chi connectivity index (χ4v) is 2.05. The summed E-state index contributed by atoms with van der Waals surface area (Å²) in [6.45, 7) is 3.77. The van der Waals surface area contributed by atoms with Crippen LogP contribution in [0.1, 0.15) is 23.7 Å². The number of hydrogen-bond acceptors (Lipinski definition) is 3. The fourth-order valence-electron chi connectivity index (χ4n) is 2.05. The van der Waals surface area contributed by atoms with Gasteiger partial charge in [0.25, 0.3) is 5.91 Å². The van der Waals surface area contributed by atoms with Gasteiger partial charge in [-0.05, 0) is 24.8 Å². The van der Waals surface area contributed by atoms with Crippen molar-refractivity contribution in [2.75, 3.05) is 19.8 Å². The van der Waals surface area contributed by atoms with Crippen molar-refractivity contribution in [2.45, 2.75) is 13.3 Å². The predicted molar refractivity (Wildman–Crippen MR) is 79.1 cm³/mol. The lowest BCUT2D eigenvalue weighted by atomic mass is 10.0. The number of carbonyl (C=O) groups is 1. The first kappa shape index (κ1) is 14.3. The molecule has 2 rings (SSSR count). The lowest BCUT2D eigenvalue weighted by Crippen LogP contribution is -2.25. The van der Waals surface area contributed by atoms with Gasteiger partial charge in [-0.1, -0.05) is 30.3 Å². The number of hydrogen-bond donors (Lipinski definition) is 2. The topological polar surface area (TPSA) is 58.6 Å². The van der Waals surface area contributed by atoms with Crippen LogP contribution in [0.2, 0.25) is 0 Å². The molecule has 0 saturated carbocycles. The normalized spacial score (nSPS) is 10.7. The zero-order chi connectivity index (χ0) is 14.4. The van der Waals surface area contributed by atoms with Crippen LogP contribution in [0.15, 0.2) is 36.4 Å². The number of ether oxygens (including phenoxy) is 1. The standard InChI is InChI=1S/C16H19NO3/c1-2-20-11-5-10-17-16(19)14-9-8-12-6-3-4-7-13(12)15(14)18/h3-4,6-9,18H,2,5,10-11H2,1H3,(H,17,19). The van der Waals surface area contributed by atoms with Crippen molar-refractivity contribution in [3.05, 3.63) is 42.0 Å². The predicted octanol–water partition coefficient (Wildman–Crippen LogP) is 2.70. The van der Waals surface area contributed by atoms with E-state index in [0.29, 0.717) is 30.7 Å². The maximum absolute atomic E-state index is 12.0. The van der Waals surface area contributed by atoms with Crippen LogP contribution in [0.25, 0.3) is 10.8 Å². The Morgan fingerprint density at radius 3 is 2.85 bits per heavy atom. The van der Waals surface area contributed by atoms with Crippen molar-refractivity contribution < 1.29 is 14.6 Å². The Balaban J connectivity index is 2.05. The first-order valence-electron chi connectivity index (χ1n) is 6.80. The second kappa shape index (κ2) is 6.91. The highest BCUT2D eigenvalue weighted by molar-refractivity contribution is 6.03.